The summed E-state index contributed by atoms with van der Waals surface area (Å²) in [6.07, 6.45) is 3.34. The van der Waals surface area contributed by atoms with Crippen molar-refractivity contribution in [1.82, 2.24) is 9.80 Å². The summed E-state index contributed by atoms with van der Waals surface area (Å²) < 4.78 is 5.19. The van der Waals surface area contributed by atoms with Crippen LogP contribution in [-0.4, -0.2) is 60.8 Å². The lowest BCUT2D eigenvalue weighted by atomic mass is 10.1. The minimum absolute atomic E-state index is 0.230. The third kappa shape index (κ3) is 5.44. The van der Waals surface area contributed by atoms with Crippen molar-refractivity contribution in [2.45, 2.75) is 25.5 Å². The van der Waals surface area contributed by atoms with Gasteiger partial charge < -0.3 is 9.84 Å². The Bertz CT molecular complexity index is 439. The van der Waals surface area contributed by atoms with E-state index < -0.39 is 0 Å². The van der Waals surface area contributed by atoms with Crippen molar-refractivity contribution >= 4 is 0 Å². The van der Waals surface area contributed by atoms with Crippen LogP contribution < -0.4 is 4.74 Å². The average Bonchev–Trinajstić information content (AvgIpc) is 2.55. The number of piperazine rings is 1. The van der Waals surface area contributed by atoms with Gasteiger partial charge in [0.2, 0.25) is 0 Å². The quantitative estimate of drug-likeness (QED) is 0.747. The van der Waals surface area contributed by atoms with E-state index in [0.29, 0.717) is 0 Å². The Labute approximate surface area is 134 Å². The van der Waals surface area contributed by atoms with Crippen molar-refractivity contribution in [1.29, 1.82) is 0 Å². The third-order valence-electron chi connectivity index (χ3n) is 4.20. The summed E-state index contributed by atoms with van der Waals surface area (Å²) in [5, 5.41) is 9.97. The Kier molecular flexibility index (Phi) is 6.90. The molecule has 1 aromatic carbocycles. The SMILES string of the molecule is C=CCCC(O)CN1CCN(Cc2ccc(OC)cc2)CC1. The molecule has 1 aliphatic heterocycles. The molecule has 0 radical (unpaired) electrons. The molecular formula is C18H28N2O2. The fourth-order valence-corrected chi connectivity index (χ4v) is 2.82. The van der Waals surface area contributed by atoms with Crippen LogP contribution in [0.5, 0.6) is 5.75 Å². The molecular weight excluding hydrogens is 276 g/mol. The lowest BCUT2D eigenvalue weighted by Gasteiger charge is -2.35. The third-order valence-corrected chi connectivity index (χ3v) is 4.20. The zero-order valence-corrected chi connectivity index (χ0v) is 13.6. The van der Waals surface area contributed by atoms with Crippen LogP contribution >= 0.6 is 0 Å². The van der Waals surface area contributed by atoms with Crippen molar-refractivity contribution in [2.75, 3.05) is 39.8 Å². The number of nitrogens with zero attached hydrogens (tertiary/aromatic N) is 2. The molecule has 0 amide bonds. The van der Waals surface area contributed by atoms with E-state index in [1.54, 1.807) is 7.11 Å². The normalized spacial score (nSPS) is 18.1. The lowest BCUT2D eigenvalue weighted by Crippen LogP contribution is -2.48. The summed E-state index contributed by atoms with van der Waals surface area (Å²) in [6, 6.07) is 8.29. The average molecular weight is 304 g/mol. The number of aliphatic hydroxyl groups excluding tert-OH is 1. The highest BCUT2D eigenvalue weighted by molar-refractivity contribution is 5.27. The van der Waals surface area contributed by atoms with Gasteiger partial charge in [-0.2, -0.15) is 0 Å². The summed E-state index contributed by atoms with van der Waals surface area (Å²) in [5.74, 6) is 0.905. The van der Waals surface area contributed by atoms with Gasteiger partial charge in [-0.15, -0.1) is 6.58 Å². The Morgan fingerprint density at radius 1 is 1.18 bits per heavy atom. The topological polar surface area (TPSA) is 35.9 Å². The Balaban J connectivity index is 1.71. The number of benzene rings is 1. The fraction of sp³-hybridized carbons (Fsp3) is 0.556. The molecule has 1 heterocycles. The van der Waals surface area contributed by atoms with Crippen molar-refractivity contribution in [3.8, 4) is 5.75 Å². The van der Waals surface area contributed by atoms with E-state index in [1.807, 2.05) is 18.2 Å². The van der Waals surface area contributed by atoms with Crippen molar-refractivity contribution < 1.29 is 9.84 Å². The molecule has 1 N–H and O–H groups in total. The maximum Gasteiger partial charge on any atom is 0.118 e. The zero-order valence-electron chi connectivity index (χ0n) is 13.6. The van der Waals surface area contributed by atoms with E-state index in [-0.39, 0.29) is 6.10 Å². The summed E-state index contributed by atoms with van der Waals surface area (Å²) in [7, 11) is 1.69. The van der Waals surface area contributed by atoms with Crippen molar-refractivity contribution in [3.05, 3.63) is 42.5 Å². The molecule has 4 nitrogen and oxygen atoms in total. The second-order valence-corrected chi connectivity index (χ2v) is 5.94. The Morgan fingerprint density at radius 3 is 2.41 bits per heavy atom. The Morgan fingerprint density at radius 2 is 1.82 bits per heavy atom. The molecule has 1 saturated heterocycles. The van der Waals surface area contributed by atoms with Crippen LogP contribution in [0, 0.1) is 0 Å². The number of ether oxygens (including phenoxy) is 1. The van der Waals surface area contributed by atoms with Gasteiger partial charge in [0.25, 0.3) is 0 Å². The lowest BCUT2D eigenvalue weighted by molar-refractivity contribution is 0.0669. The van der Waals surface area contributed by atoms with Gasteiger partial charge in [-0.25, -0.2) is 0 Å². The monoisotopic (exact) mass is 304 g/mol. The van der Waals surface area contributed by atoms with Crippen LogP contribution in [0.4, 0.5) is 0 Å². The first-order valence-electron chi connectivity index (χ1n) is 8.08. The van der Waals surface area contributed by atoms with Gasteiger partial charge >= 0.3 is 0 Å². The van der Waals surface area contributed by atoms with Crippen molar-refractivity contribution in [2.24, 2.45) is 0 Å². The van der Waals surface area contributed by atoms with Gasteiger partial charge in [-0.3, -0.25) is 9.80 Å². The number of methoxy groups -OCH3 is 1. The standard InChI is InChI=1S/C18H28N2O2/c1-3-4-5-17(21)15-20-12-10-19(11-13-20)14-16-6-8-18(22-2)9-7-16/h3,6-9,17,21H,1,4-5,10-15H2,2H3. The van der Waals surface area contributed by atoms with Gasteiger partial charge in [0.15, 0.2) is 0 Å². The second kappa shape index (κ2) is 8.93. The second-order valence-electron chi connectivity index (χ2n) is 5.94. The Hall–Kier alpha value is -1.36. The maximum absolute atomic E-state index is 9.97. The van der Waals surface area contributed by atoms with Gasteiger partial charge in [-0.1, -0.05) is 18.2 Å². The summed E-state index contributed by atoms with van der Waals surface area (Å²) in [4.78, 5) is 4.83. The predicted molar refractivity (Wildman–Crippen MR) is 90.1 cm³/mol. The van der Waals surface area contributed by atoms with Crippen LogP contribution in [-0.2, 0) is 6.54 Å². The number of β-amino-alcohol motifs (C(OH)–C–C–N with tert-alkyl or cyclic N) is 1. The summed E-state index contributed by atoms with van der Waals surface area (Å²) >= 11 is 0. The first-order chi connectivity index (χ1) is 10.7. The minimum atomic E-state index is -0.230. The molecule has 4 heteroatoms. The van der Waals surface area contributed by atoms with E-state index in [9.17, 15) is 5.11 Å². The van der Waals surface area contributed by atoms with Crippen LogP contribution in [0.3, 0.4) is 0 Å². The first kappa shape index (κ1) is 17.0. The number of allylic oxidation sites excluding steroid dienone is 1. The molecule has 1 atom stereocenters. The largest absolute Gasteiger partial charge is 0.497 e. The molecule has 1 aromatic rings. The van der Waals surface area contributed by atoms with Gasteiger partial charge in [-0.05, 0) is 30.5 Å². The van der Waals surface area contributed by atoms with Crippen LogP contribution in [0.15, 0.2) is 36.9 Å². The molecule has 122 valence electrons. The van der Waals surface area contributed by atoms with Crippen LogP contribution in [0.2, 0.25) is 0 Å². The minimum Gasteiger partial charge on any atom is -0.497 e. The highest BCUT2D eigenvalue weighted by Gasteiger charge is 2.18. The van der Waals surface area contributed by atoms with Crippen LogP contribution in [0.25, 0.3) is 0 Å². The molecule has 0 bridgehead atoms. The summed E-state index contributed by atoms with van der Waals surface area (Å²) in [6.45, 7) is 9.64. The molecule has 0 spiro atoms. The number of aliphatic hydroxyl groups is 1. The summed E-state index contributed by atoms with van der Waals surface area (Å²) in [5.41, 5.74) is 1.32. The number of rotatable bonds is 8. The van der Waals surface area contributed by atoms with E-state index in [0.717, 1.165) is 57.9 Å². The van der Waals surface area contributed by atoms with E-state index in [2.05, 4.69) is 28.5 Å². The fourth-order valence-electron chi connectivity index (χ4n) is 2.82. The molecule has 1 unspecified atom stereocenters. The van der Waals surface area contributed by atoms with Crippen molar-refractivity contribution in [3.63, 3.8) is 0 Å². The number of hydrogen-bond donors (Lipinski definition) is 1. The first-order valence-corrected chi connectivity index (χ1v) is 8.08. The molecule has 1 aliphatic rings. The van der Waals surface area contributed by atoms with E-state index in [4.69, 9.17) is 4.74 Å². The molecule has 1 fully saturated rings. The maximum atomic E-state index is 9.97. The van der Waals surface area contributed by atoms with Gasteiger partial charge in [0, 0.05) is 39.3 Å². The molecule has 0 aliphatic carbocycles. The van der Waals surface area contributed by atoms with E-state index in [1.165, 1.54) is 5.56 Å². The number of hydrogen-bond acceptors (Lipinski definition) is 4. The van der Waals surface area contributed by atoms with Crippen LogP contribution in [0.1, 0.15) is 18.4 Å². The molecule has 0 saturated carbocycles. The highest BCUT2D eigenvalue weighted by atomic mass is 16.5. The van der Waals surface area contributed by atoms with E-state index >= 15 is 0 Å². The molecule has 2 rings (SSSR count). The predicted octanol–water partition coefficient (Wildman–Crippen LogP) is 2.14. The zero-order chi connectivity index (χ0) is 15.8. The molecule has 0 aromatic heterocycles. The van der Waals surface area contributed by atoms with Gasteiger partial charge in [0.1, 0.15) is 5.75 Å². The highest BCUT2D eigenvalue weighted by Crippen LogP contribution is 2.14. The van der Waals surface area contributed by atoms with Gasteiger partial charge in [0.05, 0.1) is 13.2 Å². The smallest absolute Gasteiger partial charge is 0.118 e. The molecule has 22 heavy (non-hydrogen) atoms.